The second kappa shape index (κ2) is 9.08. The molecule has 0 aliphatic carbocycles. The molecule has 10 heteroatoms. The molecule has 0 radical (unpaired) electrons. The summed E-state index contributed by atoms with van der Waals surface area (Å²) in [4.78, 5) is 37.4. The zero-order chi connectivity index (χ0) is 21.6. The van der Waals surface area contributed by atoms with Crippen LogP contribution in [0.25, 0.3) is 11.2 Å². The van der Waals surface area contributed by atoms with Gasteiger partial charge in [0, 0.05) is 6.54 Å². The van der Waals surface area contributed by atoms with E-state index in [0.29, 0.717) is 35.5 Å². The second-order valence-electron chi connectivity index (χ2n) is 6.68. The van der Waals surface area contributed by atoms with Gasteiger partial charge < -0.3 is 24.8 Å². The van der Waals surface area contributed by atoms with Crippen LogP contribution in [0, 0.1) is 0 Å². The number of carbonyl (C=O) groups is 2. The fourth-order valence-electron chi connectivity index (χ4n) is 3.09. The molecule has 0 aliphatic rings. The number of benzene rings is 1. The quantitative estimate of drug-likeness (QED) is 0.326. The smallest absolute Gasteiger partial charge is 0.333 e. The van der Waals surface area contributed by atoms with Gasteiger partial charge in [-0.3, -0.25) is 4.79 Å². The third-order valence-corrected chi connectivity index (χ3v) is 4.61. The van der Waals surface area contributed by atoms with Crippen LogP contribution in [0.3, 0.4) is 0 Å². The van der Waals surface area contributed by atoms with E-state index in [1.165, 1.54) is 18.7 Å². The van der Waals surface area contributed by atoms with Crippen molar-refractivity contribution in [3.8, 4) is 0 Å². The van der Waals surface area contributed by atoms with Crippen LogP contribution in [0.5, 0.6) is 0 Å². The van der Waals surface area contributed by atoms with Crippen molar-refractivity contribution in [2.75, 3.05) is 12.3 Å². The predicted molar refractivity (Wildman–Crippen MR) is 111 cm³/mol. The van der Waals surface area contributed by atoms with Gasteiger partial charge in [-0.05, 0) is 24.1 Å². The van der Waals surface area contributed by atoms with E-state index < -0.39 is 17.9 Å². The largest absolute Gasteiger partial charge is 0.464 e. The number of carbonyl (C=O) groups excluding carboxylic acids is 2. The number of hydrogen-bond acceptors (Lipinski definition) is 8. The van der Waals surface area contributed by atoms with Gasteiger partial charge in [0.1, 0.15) is 11.8 Å². The number of amides is 1. The number of fused-ring (bicyclic) bond motifs is 1. The number of ether oxygens (including phenoxy) is 1. The Bertz CT molecular complexity index is 1170. The Labute approximate surface area is 177 Å². The normalized spacial score (nSPS) is 11.9. The van der Waals surface area contributed by atoms with E-state index in [-0.39, 0.29) is 12.4 Å². The number of anilines is 1. The molecule has 4 aromatic rings. The third kappa shape index (κ3) is 4.53. The van der Waals surface area contributed by atoms with Crippen molar-refractivity contribution in [3.63, 3.8) is 0 Å². The van der Waals surface area contributed by atoms with Crippen LogP contribution in [0.4, 0.5) is 5.82 Å². The number of rotatable bonds is 8. The van der Waals surface area contributed by atoms with Crippen molar-refractivity contribution < 1.29 is 18.7 Å². The Kier molecular flexibility index (Phi) is 5.88. The molecule has 0 fully saturated rings. The molecule has 158 valence electrons. The monoisotopic (exact) mass is 420 g/mol. The van der Waals surface area contributed by atoms with Crippen molar-refractivity contribution in [2.24, 2.45) is 0 Å². The van der Waals surface area contributed by atoms with Gasteiger partial charge in [-0.15, -0.1) is 0 Å². The lowest BCUT2D eigenvalue weighted by Gasteiger charge is -2.17. The summed E-state index contributed by atoms with van der Waals surface area (Å²) in [6, 6.07) is 11.1. The summed E-state index contributed by atoms with van der Waals surface area (Å²) in [5.41, 5.74) is 7.55. The molecule has 3 heterocycles. The molecule has 0 saturated heterocycles. The maximum atomic E-state index is 12.7. The summed E-state index contributed by atoms with van der Waals surface area (Å²) in [7, 11) is 0. The van der Waals surface area contributed by atoms with E-state index in [0.717, 1.165) is 0 Å². The highest BCUT2D eigenvalue weighted by Crippen LogP contribution is 2.17. The first kappa shape index (κ1) is 20.1. The van der Waals surface area contributed by atoms with E-state index >= 15 is 0 Å². The van der Waals surface area contributed by atoms with Crippen molar-refractivity contribution in [1.29, 1.82) is 0 Å². The van der Waals surface area contributed by atoms with Gasteiger partial charge in [0.15, 0.2) is 23.3 Å². The lowest BCUT2D eigenvalue weighted by atomic mass is 10.1. The molecule has 10 nitrogen and oxygen atoms in total. The Hall–Kier alpha value is -4.21. The first-order chi connectivity index (χ1) is 15.1. The van der Waals surface area contributed by atoms with Crippen molar-refractivity contribution >= 4 is 28.9 Å². The first-order valence-corrected chi connectivity index (χ1v) is 9.61. The highest BCUT2D eigenvalue weighted by molar-refractivity contribution is 5.94. The minimum Gasteiger partial charge on any atom is -0.464 e. The number of nitrogens with zero attached hydrogens (tertiary/aromatic N) is 4. The van der Waals surface area contributed by atoms with Gasteiger partial charge in [0.05, 0.1) is 19.2 Å². The average molecular weight is 420 g/mol. The van der Waals surface area contributed by atoms with Crippen molar-refractivity contribution in [3.05, 3.63) is 72.7 Å². The summed E-state index contributed by atoms with van der Waals surface area (Å²) in [5, 5.41) is 2.67. The molecule has 1 amide bonds. The van der Waals surface area contributed by atoms with Gasteiger partial charge >= 0.3 is 5.97 Å². The number of aryl methyl sites for hydroxylation is 1. The molecular weight excluding hydrogens is 400 g/mol. The van der Waals surface area contributed by atoms with Crippen LogP contribution in [-0.2, 0) is 16.1 Å². The number of nitrogens with one attached hydrogen (secondary N) is 1. The molecule has 31 heavy (non-hydrogen) atoms. The molecule has 0 saturated carbocycles. The number of furan rings is 1. The lowest BCUT2D eigenvalue weighted by Crippen LogP contribution is -2.35. The molecule has 0 bridgehead atoms. The maximum Gasteiger partial charge on any atom is 0.333 e. The molecule has 3 N–H and O–H groups in total. The highest BCUT2D eigenvalue weighted by atomic mass is 16.5. The van der Waals surface area contributed by atoms with Crippen LogP contribution < -0.4 is 11.1 Å². The van der Waals surface area contributed by atoms with E-state index in [1.807, 2.05) is 10.6 Å². The fraction of sp³-hybridized carbons (Fsp3) is 0.190. The zero-order valence-electron chi connectivity index (χ0n) is 16.5. The summed E-state index contributed by atoms with van der Waals surface area (Å²) >= 11 is 0. The summed E-state index contributed by atoms with van der Waals surface area (Å²) in [6.45, 7) is 0.675. The van der Waals surface area contributed by atoms with Gasteiger partial charge in [-0.2, -0.15) is 0 Å². The number of nitrogens with two attached hydrogens (primary N) is 1. The zero-order valence-corrected chi connectivity index (χ0v) is 16.5. The molecule has 4 rings (SSSR count). The van der Waals surface area contributed by atoms with E-state index in [9.17, 15) is 9.59 Å². The standard InChI is InChI=1S/C21H20N6O4/c22-18-17-19(24-12-23-18)27(13-25-17)9-5-11-31-21(29)16(14-6-2-1-3-7-14)26-20(28)15-8-4-10-30-15/h1-4,6-8,10,12-13,16H,5,9,11H2,(H,26,28)(H2,22,23,24). The number of aromatic nitrogens is 4. The van der Waals surface area contributed by atoms with Gasteiger partial charge in [0.25, 0.3) is 5.91 Å². The van der Waals surface area contributed by atoms with E-state index in [2.05, 4.69) is 20.3 Å². The highest BCUT2D eigenvalue weighted by Gasteiger charge is 2.25. The number of nitrogen functional groups attached to an aromatic ring is 1. The Morgan fingerprint density at radius 3 is 2.74 bits per heavy atom. The minimum atomic E-state index is -0.958. The molecular formula is C21H20N6O4. The first-order valence-electron chi connectivity index (χ1n) is 9.61. The van der Waals surface area contributed by atoms with Gasteiger partial charge in [-0.25, -0.2) is 19.7 Å². The molecule has 3 aromatic heterocycles. The molecule has 1 atom stereocenters. The third-order valence-electron chi connectivity index (χ3n) is 4.61. The maximum absolute atomic E-state index is 12.7. The summed E-state index contributed by atoms with van der Waals surface area (Å²) in [5.74, 6) is -0.638. The van der Waals surface area contributed by atoms with Crippen LogP contribution >= 0.6 is 0 Å². The predicted octanol–water partition coefficient (Wildman–Crippen LogP) is 2.11. The van der Waals surface area contributed by atoms with Gasteiger partial charge in [-0.1, -0.05) is 30.3 Å². The van der Waals surface area contributed by atoms with Crippen LogP contribution in [0.1, 0.15) is 28.6 Å². The Balaban J connectivity index is 1.38. The Morgan fingerprint density at radius 2 is 1.97 bits per heavy atom. The molecule has 0 aliphatic heterocycles. The molecule has 1 aromatic carbocycles. The van der Waals surface area contributed by atoms with Crippen molar-refractivity contribution in [1.82, 2.24) is 24.8 Å². The van der Waals surface area contributed by atoms with Crippen LogP contribution in [-0.4, -0.2) is 38.0 Å². The topological polar surface area (TPSA) is 138 Å². The van der Waals surface area contributed by atoms with Gasteiger partial charge in [0.2, 0.25) is 0 Å². The SMILES string of the molecule is Nc1ncnc2c1ncn2CCCOC(=O)C(NC(=O)c1ccco1)c1ccccc1. The van der Waals surface area contributed by atoms with Crippen LogP contribution in [0.2, 0.25) is 0 Å². The number of esters is 1. The number of imidazole rings is 1. The average Bonchev–Trinajstić information content (AvgIpc) is 3.46. The van der Waals surface area contributed by atoms with E-state index in [4.69, 9.17) is 14.9 Å². The summed E-state index contributed by atoms with van der Waals surface area (Å²) in [6.07, 6.45) is 4.91. The second-order valence-corrected chi connectivity index (χ2v) is 6.68. The van der Waals surface area contributed by atoms with Crippen LogP contribution in [0.15, 0.2) is 65.8 Å². The van der Waals surface area contributed by atoms with Crippen molar-refractivity contribution in [2.45, 2.75) is 19.0 Å². The fourth-order valence-corrected chi connectivity index (χ4v) is 3.09. The molecule has 0 spiro atoms. The summed E-state index contributed by atoms with van der Waals surface area (Å²) < 4.78 is 12.4. The number of hydrogen-bond donors (Lipinski definition) is 2. The minimum absolute atomic E-state index is 0.113. The van der Waals surface area contributed by atoms with E-state index in [1.54, 1.807) is 36.7 Å². The molecule has 1 unspecified atom stereocenters. The Morgan fingerprint density at radius 1 is 1.13 bits per heavy atom. The lowest BCUT2D eigenvalue weighted by molar-refractivity contribution is -0.146.